The molecule has 7 nitrogen and oxygen atoms in total. The predicted octanol–water partition coefficient (Wildman–Crippen LogP) is 3.70. The third-order valence-corrected chi connectivity index (χ3v) is 5.69. The van der Waals surface area contributed by atoms with Gasteiger partial charge in [-0.25, -0.2) is 8.42 Å². The standard InChI is InChI=1S/C20H23N5O2S/c1-14-5-10-18(15(2)13-14)28(26,27)24-20-12-11-19(22-23-20)21-16-6-8-17(9-7-16)25(3)4/h5-13H,1-4H3,(H,21,22)(H,23,24). The van der Waals surface area contributed by atoms with E-state index < -0.39 is 10.0 Å². The number of nitrogens with zero attached hydrogens (tertiary/aromatic N) is 3. The molecule has 0 aliphatic heterocycles. The van der Waals surface area contributed by atoms with Gasteiger partial charge in [-0.1, -0.05) is 17.7 Å². The summed E-state index contributed by atoms with van der Waals surface area (Å²) in [5.74, 6) is 0.681. The Bertz CT molecular complexity index is 1060. The zero-order chi connectivity index (χ0) is 20.3. The van der Waals surface area contributed by atoms with Crippen molar-refractivity contribution in [1.82, 2.24) is 10.2 Å². The molecule has 1 aromatic heterocycles. The van der Waals surface area contributed by atoms with Gasteiger partial charge < -0.3 is 10.2 Å². The Kier molecular flexibility index (Phi) is 5.51. The molecule has 3 rings (SSSR count). The third-order valence-electron chi connectivity index (χ3n) is 4.18. The number of aromatic nitrogens is 2. The molecule has 0 spiro atoms. The molecular weight excluding hydrogens is 374 g/mol. The molecular formula is C20H23N5O2S. The average Bonchev–Trinajstić information content (AvgIpc) is 2.63. The van der Waals surface area contributed by atoms with Crippen molar-refractivity contribution in [2.45, 2.75) is 18.7 Å². The van der Waals surface area contributed by atoms with Crippen molar-refractivity contribution < 1.29 is 8.42 Å². The van der Waals surface area contributed by atoms with E-state index in [1.165, 1.54) is 0 Å². The second-order valence-electron chi connectivity index (χ2n) is 6.74. The van der Waals surface area contributed by atoms with Crippen LogP contribution in [0.3, 0.4) is 0 Å². The number of anilines is 4. The third kappa shape index (κ3) is 4.58. The number of rotatable bonds is 6. The van der Waals surface area contributed by atoms with Gasteiger partial charge in [0.05, 0.1) is 4.90 Å². The van der Waals surface area contributed by atoms with Crippen LogP contribution < -0.4 is 14.9 Å². The van der Waals surface area contributed by atoms with Crippen LogP contribution in [0.1, 0.15) is 11.1 Å². The van der Waals surface area contributed by atoms with E-state index in [0.717, 1.165) is 16.9 Å². The van der Waals surface area contributed by atoms with Gasteiger partial charge in [0.25, 0.3) is 10.0 Å². The van der Waals surface area contributed by atoms with Gasteiger partial charge in [-0.2, -0.15) is 0 Å². The van der Waals surface area contributed by atoms with Crippen molar-refractivity contribution in [2.75, 3.05) is 29.0 Å². The van der Waals surface area contributed by atoms with Gasteiger partial charge in [-0.3, -0.25) is 4.72 Å². The molecule has 0 aliphatic rings. The van der Waals surface area contributed by atoms with Crippen LogP contribution in [0.2, 0.25) is 0 Å². The predicted molar refractivity (Wildman–Crippen MR) is 113 cm³/mol. The van der Waals surface area contributed by atoms with E-state index in [0.29, 0.717) is 11.4 Å². The molecule has 28 heavy (non-hydrogen) atoms. The van der Waals surface area contributed by atoms with E-state index in [4.69, 9.17) is 0 Å². The Morgan fingerprint density at radius 3 is 2.07 bits per heavy atom. The molecule has 0 amide bonds. The lowest BCUT2D eigenvalue weighted by Gasteiger charge is -2.13. The van der Waals surface area contributed by atoms with Crippen LogP contribution in [-0.2, 0) is 10.0 Å². The lowest BCUT2D eigenvalue weighted by atomic mass is 10.2. The van der Waals surface area contributed by atoms with Gasteiger partial charge in [0.1, 0.15) is 0 Å². The fourth-order valence-electron chi connectivity index (χ4n) is 2.74. The zero-order valence-electron chi connectivity index (χ0n) is 16.3. The van der Waals surface area contributed by atoms with Crippen LogP contribution in [-0.4, -0.2) is 32.7 Å². The minimum Gasteiger partial charge on any atom is -0.378 e. The molecule has 8 heteroatoms. The van der Waals surface area contributed by atoms with E-state index in [9.17, 15) is 8.42 Å². The SMILES string of the molecule is Cc1ccc(S(=O)(=O)Nc2ccc(Nc3ccc(N(C)C)cc3)nn2)c(C)c1. The minimum atomic E-state index is -3.72. The highest BCUT2D eigenvalue weighted by molar-refractivity contribution is 7.92. The van der Waals surface area contributed by atoms with Crippen LogP contribution in [0.25, 0.3) is 0 Å². The van der Waals surface area contributed by atoms with E-state index in [-0.39, 0.29) is 10.7 Å². The minimum absolute atomic E-state index is 0.161. The maximum atomic E-state index is 12.6. The maximum absolute atomic E-state index is 12.6. The van der Waals surface area contributed by atoms with Crippen LogP contribution in [0.15, 0.2) is 59.5 Å². The number of hydrogen-bond acceptors (Lipinski definition) is 6. The van der Waals surface area contributed by atoms with Crippen molar-refractivity contribution in [3.63, 3.8) is 0 Å². The highest BCUT2D eigenvalue weighted by atomic mass is 32.2. The van der Waals surface area contributed by atoms with Gasteiger partial charge in [-0.15, -0.1) is 10.2 Å². The van der Waals surface area contributed by atoms with Crippen molar-refractivity contribution >= 4 is 33.0 Å². The van der Waals surface area contributed by atoms with E-state index in [1.807, 2.05) is 56.3 Å². The monoisotopic (exact) mass is 397 g/mol. The summed E-state index contributed by atoms with van der Waals surface area (Å²) in [5.41, 5.74) is 3.64. The molecule has 0 unspecified atom stereocenters. The molecule has 3 aromatic rings. The number of aryl methyl sites for hydroxylation is 2. The summed E-state index contributed by atoms with van der Waals surface area (Å²) in [4.78, 5) is 2.24. The fourth-order valence-corrected chi connectivity index (χ4v) is 3.96. The van der Waals surface area contributed by atoms with Gasteiger partial charge in [0, 0.05) is 25.5 Å². The molecule has 0 radical (unpaired) electrons. The smallest absolute Gasteiger partial charge is 0.263 e. The number of benzene rings is 2. The van der Waals surface area contributed by atoms with Crippen LogP contribution in [0, 0.1) is 13.8 Å². The van der Waals surface area contributed by atoms with Crippen molar-refractivity contribution in [1.29, 1.82) is 0 Å². The largest absolute Gasteiger partial charge is 0.378 e. The number of hydrogen-bond donors (Lipinski definition) is 2. The van der Waals surface area contributed by atoms with E-state index >= 15 is 0 Å². The quantitative estimate of drug-likeness (QED) is 0.659. The maximum Gasteiger partial charge on any atom is 0.263 e. The highest BCUT2D eigenvalue weighted by Crippen LogP contribution is 2.21. The van der Waals surface area contributed by atoms with Crippen LogP contribution in [0.5, 0.6) is 0 Å². The molecule has 0 saturated carbocycles. The molecule has 0 fully saturated rings. The summed E-state index contributed by atoms with van der Waals surface area (Å²) in [7, 11) is 0.233. The summed E-state index contributed by atoms with van der Waals surface area (Å²) in [6.45, 7) is 3.68. The first-order valence-electron chi connectivity index (χ1n) is 8.73. The molecule has 0 atom stereocenters. The normalized spacial score (nSPS) is 11.1. The summed E-state index contributed by atoms with van der Waals surface area (Å²) >= 11 is 0. The van der Waals surface area contributed by atoms with Crippen molar-refractivity contribution in [2.24, 2.45) is 0 Å². The first kappa shape index (κ1) is 19.6. The Balaban J connectivity index is 1.71. The summed E-state index contributed by atoms with van der Waals surface area (Å²) < 4.78 is 27.7. The molecule has 1 heterocycles. The van der Waals surface area contributed by atoms with Crippen LogP contribution in [0.4, 0.5) is 23.0 Å². The summed E-state index contributed by atoms with van der Waals surface area (Å²) in [5, 5.41) is 11.2. The highest BCUT2D eigenvalue weighted by Gasteiger charge is 2.17. The first-order chi connectivity index (χ1) is 13.2. The van der Waals surface area contributed by atoms with Crippen LogP contribution >= 0.6 is 0 Å². The van der Waals surface area contributed by atoms with Crippen molar-refractivity contribution in [3.8, 4) is 0 Å². The van der Waals surface area contributed by atoms with Gasteiger partial charge >= 0.3 is 0 Å². The molecule has 146 valence electrons. The molecule has 2 aromatic carbocycles. The second-order valence-corrected chi connectivity index (χ2v) is 8.40. The Labute approximate surface area is 165 Å². The summed E-state index contributed by atoms with van der Waals surface area (Å²) in [6, 6.07) is 16.3. The van der Waals surface area contributed by atoms with E-state index in [2.05, 4.69) is 20.2 Å². The number of nitrogens with one attached hydrogen (secondary N) is 2. The average molecular weight is 398 g/mol. The molecule has 0 bridgehead atoms. The lowest BCUT2D eigenvalue weighted by molar-refractivity contribution is 0.600. The molecule has 0 aliphatic carbocycles. The fraction of sp³-hybridized carbons (Fsp3) is 0.200. The van der Waals surface area contributed by atoms with Gasteiger partial charge in [-0.05, 0) is 61.9 Å². The summed E-state index contributed by atoms with van der Waals surface area (Å²) in [6.07, 6.45) is 0. The molecule has 2 N–H and O–H groups in total. The molecule has 0 saturated heterocycles. The van der Waals surface area contributed by atoms with Crippen molar-refractivity contribution in [3.05, 3.63) is 65.7 Å². The number of sulfonamides is 1. The van der Waals surface area contributed by atoms with E-state index in [1.54, 1.807) is 31.2 Å². The second kappa shape index (κ2) is 7.85. The Morgan fingerprint density at radius 2 is 1.50 bits per heavy atom. The zero-order valence-corrected chi connectivity index (χ0v) is 17.1. The Hall–Kier alpha value is -3.13. The van der Waals surface area contributed by atoms with Gasteiger partial charge in [0.15, 0.2) is 11.6 Å². The Morgan fingerprint density at radius 1 is 0.857 bits per heavy atom. The topological polar surface area (TPSA) is 87.2 Å². The first-order valence-corrected chi connectivity index (χ1v) is 10.2. The van der Waals surface area contributed by atoms with Gasteiger partial charge in [0.2, 0.25) is 0 Å². The lowest BCUT2D eigenvalue weighted by Crippen LogP contribution is -2.15.